The number of likely N-dealkylation sites (tertiary alicyclic amines) is 2. The Kier molecular flexibility index (Phi) is 11.4. The number of Topliss-reactive ketones (excluding diaryl/α,β-unsaturated/α-hetero) is 1. The van der Waals surface area contributed by atoms with Gasteiger partial charge in [0.25, 0.3) is 5.91 Å². The van der Waals surface area contributed by atoms with E-state index in [4.69, 9.17) is 0 Å². The first kappa shape index (κ1) is 37.0. The Labute approximate surface area is 274 Å². The number of piperidine rings is 1. The van der Waals surface area contributed by atoms with E-state index >= 15 is 0 Å². The number of rotatable bonds is 13. The third kappa shape index (κ3) is 8.28. The first-order valence-corrected chi connectivity index (χ1v) is 16.6. The van der Waals surface area contributed by atoms with Gasteiger partial charge in [-0.1, -0.05) is 74.8 Å². The predicted molar refractivity (Wildman–Crippen MR) is 175 cm³/mol. The van der Waals surface area contributed by atoms with Gasteiger partial charge in [-0.3, -0.25) is 24.0 Å². The summed E-state index contributed by atoms with van der Waals surface area (Å²) in [7, 11) is 0. The molecule has 6 amide bonds. The highest BCUT2D eigenvalue weighted by Crippen LogP contribution is 2.65. The van der Waals surface area contributed by atoms with Crippen molar-refractivity contribution in [1.82, 2.24) is 31.1 Å². The van der Waals surface area contributed by atoms with Crippen molar-refractivity contribution in [2.75, 3.05) is 26.2 Å². The van der Waals surface area contributed by atoms with E-state index < -0.39 is 47.2 Å². The second-order valence-corrected chi connectivity index (χ2v) is 15.9. The molecule has 0 radical (unpaired) electrons. The topological polar surface area (TPSA) is 157 Å². The van der Waals surface area contributed by atoms with Crippen LogP contribution in [0.5, 0.6) is 0 Å². The van der Waals surface area contributed by atoms with Crippen LogP contribution < -0.4 is 21.3 Å². The maximum absolute atomic E-state index is 14.3. The van der Waals surface area contributed by atoms with Crippen molar-refractivity contribution in [3.8, 4) is 0 Å². The van der Waals surface area contributed by atoms with E-state index in [9.17, 15) is 28.8 Å². The number of fused-ring (bicyclic) bond motifs is 1. The number of ketones is 1. The van der Waals surface area contributed by atoms with Crippen LogP contribution >= 0.6 is 0 Å². The van der Waals surface area contributed by atoms with Crippen molar-refractivity contribution < 1.29 is 28.8 Å². The van der Waals surface area contributed by atoms with Crippen molar-refractivity contribution in [2.45, 2.75) is 112 Å². The van der Waals surface area contributed by atoms with Gasteiger partial charge in [0.15, 0.2) is 0 Å². The quantitative estimate of drug-likeness (QED) is 0.178. The number of carbonyl (C=O) groups excluding carboxylic acids is 6. The lowest BCUT2D eigenvalue weighted by molar-refractivity contribution is -0.145. The molecule has 2 heterocycles. The Hall–Kier alpha value is -3.44. The Balaban J connectivity index is 1.81. The molecule has 46 heavy (non-hydrogen) atoms. The fourth-order valence-corrected chi connectivity index (χ4v) is 6.84. The molecule has 6 atom stereocenters. The van der Waals surface area contributed by atoms with E-state index in [0.717, 1.165) is 6.42 Å². The standard InChI is InChI=1S/C34H56N6O6/c1-11-14-21(26(42)29(44)35-16-12-2)36-28(43)25-24-20(34(24,9)10)18-40(25)30(45)27(33(6,7)8)38-31(46)37-22(32(3,4)5)19-39-17-13-15-23(39)41/h12,20-22,24-25,27H,2,11,13-19H2,1,3-10H3,(H,35,44)(H,36,43)(H2,37,38,46)/t20-,21?,22-,24-,25-,27+/m0/s1. The molecule has 4 N–H and O–H groups in total. The van der Waals surface area contributed by atoms with E-state index in [1.807, 2.05) is 48.5 Å². The molecule has 0 aromatic heterocycles. The highest BCUT2D eigenvalue weighted by molar-refractivity contribution is 6.38. The molecule has 0 aromatic rings. The summed E-state index contributed by atoms with van der Waals surface area (Å²) in [4.78, 5) is 82.7. The molecule has 3 fully saturated rings. The molecule has 0 spiro atoms. The first-order valence-electron chi connectivity index (χ1n) is 16.6. The summed E-state index contributed by atoms with van der Waals surface area (Å²) in [5, 5.41) is 11.2. The number of nitrogens with one attached hydrogen (secondary N) is 4. The van der Waals surface area contributed by atoms with Crippen LogP contribution in [0.4, 0.5) is 4.79 Å². The lowest BCUT2D eigenvalue weighted by Crippen LogP contribution is -2.62. The average Bonchev–Trinajstić information content (AvgIpc) is 3.29. The van der Waals surface area contributed by atoms with E-state index in [2.05, 4.69) is 41.7 Å². The van der Waals surface area contributed by atoms with Gasteiger partial charge >= 0.3 is 6.03 Å². The van der Waals surface area contributed by atoms with E-state index in [1.165, 1.54) is 6.08 Å². The largest absolute Gasteiger partial charge is 0.346 e. The number of urea groups is 1. The number of amides is 6. The maximum atomic E-state index is 14.3. The third-order valence-corrected chi connectivity index (χ3v) is 9.91. The number of hydrogen-bond acceptors (Lipinski definition) is 6. The molecule has 0 bridgehead atoms. The van der Waals surface area contributed by atoms with Gasteiger partial charge in [0.05, 0.1) is 12.1 Å². The molecule has 1 saturated carbocycles. The van der Waals surface area contributed by atoms with Gasteiger partial charge < -0.3 is 31.1 Å². The fourth-order valence-electron chi connectivity index (χ4n) is 6.84. The fraction of sp³-hybridized carbons (Fsp3) is 0.765. The molecule has 12 nitrogen and oxygen atoms in total. The third-order valence-electron chi connectivity index (χ3n) is 9.91. The second-order valence-electron chi connectivity index (χ2n) is 15.9. The van der Waals surface area contributed by atoms with Gasteiger partial charge in [0.1, 0.15) is 12.1 Å². The molecule has 2 aliphatic heterocycles. The zero-order valence-corrected chi connectivity index (χ0v) is 29.2. The SMILES string of the molecule is C=CCNC(=O)C(=O)C(CCC)NC(=O)[C@@H]1[C@@H]2[C@H](CN1C(=O)[C@@H](NC(=O)N[C@@H](CN1CCCC1=O)C(C)(C)C)C(C)(C)C)C2(C)C. The Morgan fingerprint density at radius 2 is 1.67 bits per heavy atom. The Morgan fingerprint density at radius 3 is 2.20 bits per heavy atom. The van der Waals surface area contributed by atoms with Crippen LogP contribution in [0, 0.1) is 28.1 Å². The molecule has 3 rings (SSSR count). The molecule has 1 aliphatic carbocycles. The molecule has 2 saturated heterocycles. The van der Waals surface area contributed by atoms with Gasteiger partial charge in [-0.05, 0) is 40.9 Å². The smallest absolute Gasteiger partial charge is 0.315 e. The summed E-state index contributed by atoms with van der Waals surface area (Å²) >= 11 is 0. The zero-order valence-electron chi connectivity index (χ0n) is 29.2. The van der Waals surface area contributed by atoms with Crippen molar-refractivity contribution >= 4 is 35.4 Å². The molecule has 0 aromatic carbocycles. The average molecular weight is 645 g/mol. The minimum atomic E-state index is -1.03. The molecular formula is C34H56N6O6. The Bertz CT molecular complexity index is 1220. The number of carbonyl (C=O) groups is 6. The van der Waals surface area contributed by atoms with Crippen LogP contribution in [0.15, 0.2) is 12.7 Å². The first-order chi connectivity index (χ1) is 21.2. The highest BCUT2D eigenvalue weighted by Gasteiger charge is 2.70. The van der Waals surface area contributed by atoms with Crippen LogP contribution in [0.1, 0.15) is 88.0 Å². The molecule has 3 aliphatic rings. The van der Waals surface area contributed by atoms with Gasteiger partial charge in [0.2, 0.25) is 23.5 Å². The summed E-state index contributed by atoms with van der Waals surface area (Å²) in [6.45, 7) is 22.6. The van der Waals surface area contributed by atoms with Crippen molar-refractivity contribution in [3.63, 3.8) is 0 Å². The minimum absolute atomic E-state index is 0.0688. The number of hydrogen-bond donors (Lipinski definition) is 4. The van der Waals surface area contributed by atoms with E-state index in [0.29, 0.717) is 32.5 Å². The van der Waals surface area contributed by atoms with E-state index in [-0.39, 0.29) is 53.5 Å². The summed E-state index contributed by atoms with van der Waals surface area (Å²) in [6.07, 6.45) is 3.59. The summed E-state index contributed by atoms with van der Waals surface area (Å²) in [5.41, 5.74) is -1.25. The lowest BCUT2D eigenvalue weighted by atomic mass is 9.85. The second kappa shape index (κ2) is 14.1. The van der Waals surface area contributed by atoms with Crippen molar-refractivity contribution in [3.05, 3.63) is 12.7 Å². The zero-order chi connectivity index (χ0) is 34.8. The van der Waals surface area contributed by atoms with Crippen LogP contribution in [-0.2, 0) is 24.0 Å². The predicted octanol–water partition coefficient (Wildman–Crippen LogP) is 2.38. The Morgan fingerprint density at radius 1 is 1.02 bits per heavy atom. The molecule has 12 heteroatoms. The monoisotopic (exact) mass is 644 g/mol. The lowest BCUT2D eigenvalue weighted by Gasteiger charge is -2.39. The van der Waals surface area contributed by atoms with E-state index in [1.54, 1.807) is 9.80 Å². The van der Waals surface area contributed by atoms with Gasteiger partial charge in [-0.15, -0.1) is 6.58 Å². The summed E-state index contributed by atoms with van der Waals surface area (Å²) < 4.78 is 0. The normalized spacial score (nSPS) is 23.9. The van der Waals surface area contributed by atoms with Crippen LogP contribution in [0.3, 0.4) is 0 Å². The number of nitrogens with zero attached hydrogens (tertiary/aromatic N) is 2. The van der Waals surface area contributed by atoms with Gasteiger partial charge in [-0.2, -0.15) is 0 Å². The van der Waals surface area contributed by atoms with Crippen molar-refractivity contribution in [2.24, 2.45) is 28.1 Å². The molecule has 1 unspecified atom stereocenters. The van der Waals surface area contributed by atoms with Crippen LogP contribution in [0.2, 0.25) is 0 Å². The van der Waals surface area contributed by atoms with Gasteiger partial charge in [-0.25, -0.2) is 4.79 Å². The summed E-state index contributed by atoms with van der Waals surface area (Å²) in [6, 6.07) is -3.73. The minimum Gasteiger partial charge on any atom is -0.346 e. The summed E-state index contributed by atoms with van der Waals surface area (Å²) in [5.74, 6) is -2.37. The maximum Gasteiger partial charge on any atom is 0.315 e. The molecule has 258 valence electrons. The van der Waals surface area contributed by atoms with Gasteiger partial charge in [0, 0.05) is 32.6 Å². The van der Waals surface area contributed by atoms with Crippen molar-refractivity contribution in [1.29, 1.82) is 0 Å². The highest BCUT2D eigenvalue weighted by atomic mass is 16.2. The van der Waals surface area contributed by atoms with Crippen LogP contribution in [-0.4, -0.2) is 95.6 Å². The molecular weight excluding hydrogens is 588 g/mol. The van der Waals surface area contributed by atoms with Crippen LogP contribution in [0.25, 0.3) is 0 Å².